The van der Waals surface area contributed by atoms with Gasteiger partial charge in [0.2, 0.25) is 0 Å². The van der Waals surface area contributed by atoms with Gasteiger partial charge in [0.05, 0.1) is 11.0 Å². The highest BCUT2D eigenvalue weighted by molar-refractivity contribution is 7.99. The second kappa shape index (κ2) is 4.23. The molecule has 0 aromatic carbocycles. The first-order valence-corrected chi connectivity index (χ1v) is 7.52. The van der Waals surface area contributed by atoms with Crippen molar-refractivity contribution in [2.24, 2.45) is 5.14 Å². The molecule has 0 atom stereocenters. The fraction of sp³-hybridized carbons (Fsp3) is 0.444. The van der Waals surface area contributed by atoms with Crippen molar-refractivity contribution in [1.82, 2.24) is 4.98 Å². The minimum atomic E-state index is -3.80. The summed E-state index contributed by atoms with van der Waals surface area (Å²) in [7, 11) is -3.80. The number of thioether (sulfide) groups is 1. The van der Waals surface area contributed by atoms with E-state index in [0.29, 0.717) is 10.6 Å². The minimum absolute atomic E-state index is 0.113. The average Bonchev–Trinajstić information content (AvgIpc) is 3.00. The molecule has 1 fully saturated rings. The Balaban J connectivity index is 2.45. The Bertz CT molecular complexity index is 497. The van der Waals surface area contributed by atoms with Crippen molar-refractivity contribution in [1.29, 1.82) is 0 Å². The van der Waals surface area contributed by atoms with Crippen molar-refractivity contribution in [2.45, 2.75) is 28.9 Å². The average molecular weight is 260 g/mol. The van der Waals surface area contributed by atoms with E-state index in [1.54, 1.807) is 12.3 Å². The van der Waals surface area contributed by atoms with Crippen molar-refractivity contribution in [3.8, 4) is 5.75 Å². The lowest BCUT2D eigenvalue weighted by Crippen LogP contribution is -2.15. The molecule has 0 saturated heterocycles. The summed E-state index contributed by atoms with van der Waals surface area (Å²) in [6.07, 6.45) is 5.41. The second-order valence-corrected chi connectivity index (χ2v) is 5.80. The molecule has 1 heterocycles. The summed E-state index contributed by atoms with van der Waals surface area (Å²) in [5, 5.41) is 4.98. The number of pyridine rings is 1. The number of hydrogen-bond donors (Lipinski definition) is 1. The van der Waals surface area contributed by atoms with Crippen LogP contribution in [0.3, 0.4) is 0 Å². The third-order valence-electron chi connectivity index (χ3n) is 2.13. The van der Waals surface area contributed by atoms with Crippen LogP contribution in [0.1, 0.15) is 12.8 Å². The number of nitrogens with zero attached hydrogens (tertiary/aromatic N) is 1. The van der Waals surface area contributed by atoms with E-state index in [4.69, 9.17) is 9.88 Å². The van der Waals surface area contributed by atoms with Crippen LogP contribution in [0, 0.1) is 0 Å². The van der Waals surface area contributed by atoms with E-state index in [0.717, 1.165) is 12.8 Å². The molecule has 7 heteroatoms. The molecule has 1 saturated carbocycles. The lowest BCUT2D eigenvalue weighted by Gasteiger charge is -2.11. The highest BCUT2D eigenvalue weighted by Gasteiger charge is 2.26. The van der Waals surface area contributed by atoms with Crippen LogP contribution in [-0.2, 0) is 10.0 Å². The van der Waals surface area contributed by atoms with E-state index in [1.165, 1.54) is 18.0 Å². The zero-order valence-corrected chi connectivity index (χ0v) is 10.3. The predicted molar refractivity (Wildman–Crippen MR) is 61.0 cm³/mol. The van der Waals surface area contributed by atoms with E-state index in [2.05, 4.69) is 4.98 Å². The second-order valence-electron chi connectivity index (χ2n) is 3.51. The first-order valence-electron chi connectivity index (χ1n) is 4.75. The van der Waals surface area contributed by atoms with Gasteiger partial charge in [-0.05, 0) is 25.2 Å². The third kappa shape index (κ3) is 2.47. The monoisotopic (exact) mass is 260 g/mol. The van der Waals surface area contributed by atoms with E-state index >= 15 is 0 Å². The number of primary sulfonamides is 1. The van der Waals surface area contributed by atoms with Crippen molar-refractivity contribution in [3.05, 3.63) is 12.3 Å². The summed E-state index contributed by atoms with van der Waals surface area (Å²) in [4.78, 5) is 4.28. The number of aromatic nitrogens is 1. The van der Waals surface area contributed by atoms with Crippen molar-refractivity contribution < 1.29 is 13.2 Å². The molecule has 2 N–H and O–H groups in total. The van der Waals surface area contributed by atoms with Gasteiger partial charge < -0.3 is 4.74 Å². The largest absolute Gasteiger partial charge is 0.489 e. The topological polar surface area (TPSA) is 82.3 Å². The van der Waals surface area contributed by atoms with Gasteiger partial charge in [-0.2, -0.15) is 0 Å². The minimum Gasteiger partial charge on any atom is -0.489 e. The third-order valence-corrected chi connectivity index (χ3v) is 3.91. The smallest absolute Gasteiger partial charge is 0.256 e. The fourth-order valence-electron chi connectivity index (χ4n) is 1.26. The lowest BCUT2D eigenvalue weighted by atomic mass is 10.4. The van der Waals surface area contributed by atoms with E-state index in [1.807, 2.05) is 0 Å². The molecule has 0 amide bonds. The Morgan fingerprint density at radius 2 is 2.25 bits per heavy atom. The maximum absolute atomic E-state index is 11.3. The fourth-order valence-corrected chi connectivity index (χ4v) is 2.97. The van der Waals surface area contributed by atoms with E-state index in [-0.39, 0.29) is 11.1 Å². The molecule has 5 nitrogen and oxygen atoms in total. The molecule has 0 aliphatic heterocycles. The quantitative estimate of drug-likeness (QED) is 0.816. The summed E-state index contributed by atoms with van der Waals surface area (Å²) in [5.41, 5.74) is 0. The summed E-state index contributed by atoms with van der Waals surface area (Å²) >= 11 is 1.27. The summed E-state index contributed by atoms with van der Waals surface area (Å²) in [6.45, 7) is 0. The zero-order chi connectivity index (χ0) is 11.8. The highest BCUT2D eigenvalue weighted by atomic mass is 32.2. The molecule has 1 aromatic heterocycles. The molecule has 88 valence electrons. The van der Waals surface area contributed by atoms with Gasteiger partial charge in [-0.3, -0.25) is 0 Å². The maximum atomic E-state index is 11.3. The van der Waals surface area contributed by atoms with Gasteiger partial charge in [0.15, 0.2) is 5.03 Å². The van der Waals surface area contributed by atoms with Gasteiger partial charge in [0, 0.05) is 6.20 Å². The maximum Gasteiger partial charge on any atom is 0.256 e. The summed E-state index contributed by atoms with van der Waals surface area (Å²) in [6, 6.07) is 1.67. The van der Waals surface area contributed by atoms with Gasteiger partial charge in [0.25, 0.3) is 10.0 Å². The molecule has 2 rings (SSSR count). The van der Waals surface area contributed by atoms with E-state index in [9.17, 15) is 8.42 Å². The Morgan fingerprint density at radius 1 is 1.56 bits per heavy atom. The molecular formula is C9H12N2O3S2. The van der Waals surface area contributed by atoms with Crippen molar-refractivity contribution >= 4 is 21.8 Å². The normalized spacial score (nSPS) is 16.1. The van der Waals surface area contributed by atoms with Crippen LogP contribution in [0.2, 0.25) is 0 Å². The lowest BCUT2D eigenvalue weighted by molar-refractivity contribution is 0.293. The molecule has 1 aliphatic rings. The Labute approximate surface area is 98.4 Å². The van der Waals surface area contributed by atoms with Crippen molar-refractivity contribution in [2.75, 3.05) is 6.26 Å². The summed E-state index contributed by atoms with van der Waals surface area (Å²) in [5.74, 6) is 0.550. The standard InChI is InChI=1S/C9H12N2O3S2/c1-15-8-7(14-6-2-3-6)4-5-11-9(8)16(10,12)13/h4-6H,2-3H2,1H3,(H2,10,12,13). The van der Waals surface area contributed by atoms with Gasteiger partial charge >= 0.3 is 0 Å². The molecular weight excluding hydrogens is 248 g/mol. The highest BCUT2D eigenvalue weighted by Crippen LogP contribution is 2.35. The SMILES string of the molecule is CSc1c(OC2CC2)ccnc1S(N)(=O)=O. The number of nitrogens with two attached hydrogens (primary N) is 1. The van der Waals surface area contributed by atoms with Crippen LogP contribution in [0.15, 0.2) is 22.2 Å². The molecule has 1 aliphatic carbocycles. The van der Waals surface area contributed by atoms with Gasteiger partial charge in [0.1, 0.15) is 5.75 Å². The van der Waals surface area contributed by atoms with Crippen LogP contribution in [-0.4, -0.2) is 25.8 Å². The van der Waals surface area contributed by atoms with Gasteiger partial charge in [-0.1, -0.05) is 0 Å². The van der Waals surface area contributed by atoms with Crippen LogP contribution >= 0.6 is 11.8 Å². The van der Waals surface area contributed by atoms with Crippen LogP contribution in [0.4, 0.5) is 0 Å². The summed E-state index contributed by atoms with van der Waals surface area (Å²) < 4.78 is 28.2. The Hall–Kier alpha value is -0.790. The van der Waals surface area contributed by atoms with E-state index < -0.39 is 10.0 Å². The Morgan fingerprint density at radius 3 is 2.75 bits per heavy atom. The zero-order valence-electron chi connectivity index (χ0n) is 8.71. The van der Waals surface area contributed by atoms with Gasteiger partial charge in [-0.15, -0.1) is 11.8 Å². The molecule has 0 radical (unpaired) electrons. The number of ether oxygens (including phenoxy) is 1. The van der Waals surface area contributed by atoms with Crippen LogP contribution in [0.5, 0.6) is 5.75 Å². The predicted octanol–water partition coefficient (Wildman–Crippen LogP) is 0.992. The van der Waals surface area contributed by atoms with Gasteiger partial charge in [-0.25, -0.2) is 18.5 Å². The molecule has 0 bridgehead atoms. The first-order chi connectivity index (χ1) is 7.52. The first kappa shape index (κ1) is 11.7. The van der Waals surface area contributed by atoms with Crippen molar-refractivity contribution in [3.63, 3.8) is 0 Å². The molecule has 0 unspecified atom stereocenters. The number of hydrogen-bond acceptors (Lipinski definition) is 5. The van der Waals surface area contributed by atoms with Crippen LogP contribution < -0.4 is 9.88 Å². The van der Waals surface area contributed by atoms with Crippen LogP contribution in [0.25, 0.3) is 0 Å². The molecule has 0 spiro atoms. The molecule has 16 heavy (non-hydrogen) atoms. The Kier molecular flexibility index (Phi) is 3.09. The number of sulfonamides is 1. The molecule has 1 aromatic rings. The number of rotatable bonds is 4.